The maximum atomic E-state index is 11.8. The van der Waals surface area contributed by atoms with Crippen molar-refractivity contribution in [1.29, 1.82) is 0 Å². The number of nitrogens with zero attached hydrogens (tertiary/aromatic N) is 2. The van der Waals surface area contributed by atoms with Gasteiger partial charge in [0.05, 0.1) is 0 Å². The van der Waals surface area contributed by atoms with E-state index in [0.717, 1.165) is 17.3 Å². The average molecular weight is 355 g/mol. The molecular formula is C17H13N3O4S. The Morgan fingerprint density at radius 2 is 1.88 bits per heavy atom. The van der Waals surface area contributed by atoms with Crippen LogP contribution in [-0.4, -0.2) is 22.9 Å². The summed E-state index contributed by atoms with van der Waals surface area (Å²) in [5, 5.41) is 7.69. The third-order valence-corrected chi connectivity index (χ3v) is 4.71. The third kappa shape index (κ3) is 3.16. The fourth-order valence-electron chi connectivity index (χ4n) is 2.42. The van der Waals surface area contributed by atoms with Gasteiger partial charge in [0.25, 0.3) is 5.22 Å². The minimum atomic E-state index is -0.605. The Kier molecular flexibility index (Phi) is 4.02. The lowest BCUT2D eigenvalue weighted by molar-refractivity contribution is -0.117. The van der Waals surface area contributed by atoms with Gasteiger partial charge in [-0.2, -0.15) is 0 Å². The summed E-state index contributed by atoms with van der Waals surface area (Å²) in [4.78, 5) is 11.8. The van der Waals surface area contributed by atoms with E-state index in [9.17, 15) is 4.79 Å². The molecule has 2 heterocycles. The summed E-state index contributed by atoms with van der Waals surface area (Å²) < 4.78 is 16.3. The molecule has 0 saturated heterocycles. The van der Waals surface area contributed by atoms with Crippen LogP contribution in [-0.2, 0) is 4.79 Å². The molecule has 0 fully saturated rings. The van der Waals surface area contributed by atoms with Crippen LogP contribution in [0.4, 0.5) is 0 Å². The summed E-state index contributed by atoms with van der Waals surface area (Å²) in [7, 11) is 0. The summed E-state index contributed by atoms with van der Waals surface area (Å²) in [5.41, 5.74) is 7.00. The van der Waals surface area contributed by atoms with E-state index in [1.807, 2.05) is 30.3 Å². The van der Waals surface area contributed by atoms with Crippen LogP contribution in [0.5, 0.6) is 11.5 Å². The van der Waals surface area contributed by atoms with Gasteiger partial charge in [-0.3, -0.25) is 4.79 Å². The van der Waals surface area contributed by atoms with Crippen molar-refractivity contribution >= 4 is 17.7 Å². The molecule has 0 radical (unpaired) electrons. The smallest absolute Gasteiger partial charge is 0.277 e. The SMILES string of the molecule is NC(=O)C(Sc1nnc(-c2ccc3c(c2)OCO3)o1)c1ccccc1. The Bertz CT molecular complexity index is 913. The topological polar surface area (TPSA) is 100 Å². The van der Waals surface area contributed by atoms with Crippen molar-refractivity contribution in [2.24, 2.45) is 5.73 Å². The van der Waals surface area contributed by atoms with Crippen LogP contribution in [0.2, 0.25) is 0 Å². The molecule has 1 aromatic heterocycles. The van der Waals surface area contributed by atoms with E-state index in [2.05, 4.69) is 10.2 Å². The minimum absolute atomic E-state index is 0.196. The molecular weight excluding hydrogens is 342 g/mol. The molecule has 0 bridgehead atoms. The minimum Gasteiger partial charge on any atom is -0.454 e. The standard InChI is InChI=1S/C17H13N3O4S/c18-15(21)14(10-4-2-1-3-5-10)25-17-20-19-16(24-17)11-6-7-12-13(8-11)23-9-22-12/h1-8,14H,9H2,(H2,18,21). The van der Waals surface area contributed by atoms with E-state index in [1.165, 1.54) is 0 Å². The fraction of sp³-hybridized carbons (Fsp3) is 0.118. The Labute approximate surface area is 147 Å². The molecule has 8 heteroatoms. The van der Waals surface area contributed by atoms with Gasteiger partial charge < -0.3 is 19.6 Å². The molecule has 7 nitrogen and oxygen atoms in total. The van der Waals surface area contributed by atoms with E-state index in [-0.39, 0.29) is 12.0 Å². The van der Waals surface area contributed by atoms with Crippen molar-refractivity contribution in [2.45, 2.75) is 10.5 Å². The molecule has 1 aliphatic rings. The molecule has 3 aromatic rings. The molecule has 1 aliphatic heterocycles. The van der Waals surface area contributed by atoms with Crippen molar-refractivity contribution in [3.8, 4) is 23.0 Å². The second-order valence-electron chi connectivity index (χ2n) is 5.25. The second-order valence-corrected chi connectivity index (χ2v) is 6.31. The third-order valence-electron chi connectivity index (χ3n) is 3.61. The van der Waals surface area contributed by atoms with E-state index >= 15 is 0 Å². The highest BCUT2D eigenvalue weighted by molar-refractivity contribution is 8.00. The first-order valence-electron chi connectivity index (χ1n) is 7.45. The molecule has 0 spiro atoms. The summed E-state index contributed by atoms with van der Waals surface area (Å²) in [6.45, 7) is 0.196. The van der Waals surface area contributed by atoms with Crippen LogP contribution in [0.1, 0.15) is 10.8 Å². The number of carbonyl (C=O) groups excluding carboxylic acids is 1. The van der Waals surface area contributed by atoms with Crippen LogP contribution in [0.25, 0.3) is 11.5 Å². The maximum absolute atomic E-state index is 11.8. The molecule has 4 rings (SSSR count). The molecule has 2 N–H and O–H groups in total. The first-order valence-corrected chi connectivity index (χ1v) is 8.33. The number of hydrogen-bond donors (Lipinski definition) is 1. The zero-order valence-electron chi connectivity index (χ0n) is 12.9. The second kappa shape index (κ2) is 6.48. The van der Waals surface area contributed by atoms with E-state index in [4.69, 9.17) is 19.6 Å². The van der Waals surface area contributed by atoms with Crippen molar-refractivity contribution < 1.29 is 18.7 Å². The van der Waals surface area contributed by atoms with Crippen LogP contribution in [0.15, 0.2) is 58.2 Å². The molecule has 1 atom stereocenters. The van der Waals surface area contributed by atoms with Crippen molar-refractivity contribution in [2.75, 3.05) is 6.79 Å². The number of aromatic nitrogens is 2. The Morgan fingerprint density at radius 3 is 2.68 bits per heavy atom. The van der Waals surface area contributed by atoms with Crippen LogP contribution in [0.3, 0.4) is 0 Å². The number of ether oxygens (including phenoxy) is 2. The zero-order chi connectivity index (χ0) is 17.2. The largest absolute Gasteiger partial charge is 0.454 e. The molecule has 1 amide bonds. The highest BCUT2D eigenvalue weighted by Crippen LogP contribution is 2.38. The van der Waals surface area contributed by atoms with Crippen LogP contribution >= 0.6 is 11.8 Å². The van der Waals surface area contributed by atoms with Gasteiger partial charge >= 0.3 is 0 Å². The molecule has 25 heavy (non-hydrogen) atoms. The summed E-state index contributed by atoms with van der Waals surface area (Å²) in [5.74, 6) is 1.16. The van der Waals surface area contributed by atoms with Gasteiger partial charge in [0.1, 0.15) is 5.25 Å². The van der Waals surface area contributed by atoms with E-state index in [1.54, 1.807) is 18.2 Å². The highest BCUT2D eigenvalue weighted by atomic mass is 32.2. The molecule has 0 aliphatic carbocycles. The lowest BCUT2D eigenvalue weighted by Crippen LogP contribution is -2.18. The molecule has 126 valence electrons. The number of thioether (sulfide) groups is 1. The van der Waals surface area contributed by atoms with Gasteiger partial charge in [0.2, 0.25) is 18.6 Å². The lowest BCUT2D eigenvalue weighted by atomic mass is 10.1. The lowest BCUT2D eigenvalue weighted by Gasteiger charge is -2.10. The van der Waals surface area contributed by atoms with Crippen LogP contribution in [0, 0.1) is 0 Å². The predicted molar refractivity (Wildman–Crippen MR) is 90.1 cm³/mol. The highest BCUT2D eigenvalue weighted by Gasteiger charge is 2.23. The predicted octanol–water partition coefficient (Wildman–Crippen LogP) is 2.78. The molecule has 1 unspecified atom stereocenters. The summed E-state index contributed by atoms with van der Waals surface area (Å²) >= 11 is 1.12. The van der Waals surface area contributed by atoms with Crippen molar-refractivity contribution in [3.63, 3.8) is 0 Å². The number of primary amides is 1. The van der Waals surface area contributed by atoms with Crippen LogP contribution < -0.4 is 15.2 Å². The molecule has 0 saturated carbocycles. The van der Waals surface area contributed by atoms with Gasteiger partial charge in [-0.25, -0.2) is 0 Å². The normalized spacial score (nSPS) is 13.6. The van der Waals surface area contributed by atoms with Gasteiger partial charge in [-0.05, 0) is 35.5 Å². The number of fused-ring (bicyclic) bond motifs is 1. The van der Waals surface area contributed by atoms with Gasteiger partial charge in [-0.1, -0.05) is 30.3 Å². The number of carbonyl (C=O) groups is 1. The quantitative estimate of drug-likeness (QED) is 0.702. The number of amides is 1. The Hall–Kier alpha value is -3.00. The van der Waals surface area contributed by atoms with Crippen molar-refractivity contribution in [3.05, 3.63) is 54.1 Å². The number of hydrogen-bond acceptors (Lipinski definition) is 7. The monoisotopic (exact) mass is 355 g/mol. The van der Waals surface area contributed by atoms with E-state index < -0.39 is 11.2 Å². The first kappa shape index (κ1) is 15.5. The fourth-order valence-corrected chi connectivity index (χ4v) is 3.25. The first-order chi connectivity index (χ1) is 12.2. The van der Waals surface area contributed by atoms with Gasteiger partial charge in [0, 0.05) is 5.56 Å². The Balaban J connectivity index is 1.57. The summed E-state index contributed by atoms with van der Waals surface area (Å²) in [6, 6.07) is 14.6. The van der Waals surface area contributed by atoms with Crippen molar-refractivity contribution in [1.82, 2.24) is 10.2 Å². The Morgan fingerprint density at radius 1 is 1.08 bits per heavy atom. The van der Waals surface area contributed by atoms with E-state index in [0.29, 0.717) is 23.0 Å². The number of nitrogens with two attached hydrogens (primary N) is 1. The maximum Gasteiger partial charge on any atom is 0.277 e. The van der Waals surface area contributed by atoms with Gasteiger partial charge in [0.15, 0.2) is 11.5 Å². The summed E-state index contributed by atoms with van der Waals surface area (Å²) in [6.07, 6.45) is 0. The average Bonchev–Trinajstić information content (AvgIpc) is 3.28. The molecule has 2 aromatic carbocycles. The zero-order valence-corrected chi connectivity index (χ0v) is 13.7. The number of benzene rings is 2. The number of rotatable bonds is 5. The van der Waals surface area contributed by atoms with Gasteiger partial charge in [-0.15, -0.1) is 10.2 Å².